The molecule has 29 heavy (non-hydrogen) atoms. The molecule has 1 unspecified atom stereocenters. The van der Waals surface area contributed by atoms with Crippen LogP contribution in [-0.4, -0.2) is 39.7 Å². The molecule has 1 saturated heterocycles. The fourth-order valence-corrected chi connectivity index (χ4v) is 4.19. The molecule has 0 radical (unpaired) electrons. The molecule has 1 atom stereocenters. The van der Waals surface area contributed by atoms with Crippen molar-refractivity contribution in [2.24, 2.45) is 0 Å². The Morgan fingerprint density at radius 3 is 2.59 bits per heavy atom. The Morgan fingerprint density at radius 1 is 1.07 bits per heavy atom. The summed E-state index contributed by atoms with van der Waals surface area (Å²) >= 11 is 0.820. The van der Waals surface area contributed by atoms with Gasteiger partial charge in [0.25, 0.3) is 11.1 Å². The highest BCUT2D eigenvalue weighted by Crippen LogP contribution is 2.34. The van der Waals surface area contributed by atoms with Crippen LogP contribution in [0.1, 0.15) is 12.6 Å². The lowest BCUT2D eigenvalue weighted by atomic mass is 10.1. The quantitative estimate of drug-likeness (QED) is 0.479. The van der Waals surface area contributed by atoms with Crippen LogP contribution >= 0.6 is 11.8 Å². The third-order valence-electron chi connectivity index (χ3n) is 4.82. The number of nitrogens with zero attached hydrogens (tertiary/aromatic N) is 2. The molecular weight excluding hydrogens is 388 g/mol. The number of imide groups is 1. The maximum Gasteiger partial charge on any atom is 0.328 e. The van der Waals surface area contributed by atoms with E-state index in [2.05, 4.69) is 10.8 Å². The summed E-state index contributed by atoms with van der Waals surface area (Å²) in [5, 5.41) is 1.77. The standard InChI is InChI=1S/C22H18N2O4S/c1-14(21(26)28-2)24-20(25)19(29-22(24)27)13-17-8-5-11-23(17)18-10-9-15-6-3-4-7-16(15)12-18/h3-14H,1-2H3/b19-13+. The van der Waals surface area contributed by atoms with Gasteiger partial charge in [-0.05, 0) is 59.8 Å². The Morgan fingerprint density at radius 2 is 1.83 bits per heavy atom. The third kappa shape index (κ3) is 3.45. The van der Waals surface area contributed by atoms with Gasteiger partial charge >= 0.3 is 5.97 Å². The van der Waals surface area contributed by atoms with Crippen LogP contribution < -0.4 is 0 Å². The highest BCUT2D eigenvalue weighted by Gasteiger charge is 2.41. The smallest absolute Gasteiger partial charge is 0.328 e. The van der Waals surface area contributed by atoms with E-state index in [1.165, 1.54) is 14.0 Å². The number of amides is 2. The fraction of sp³-hybridized carbons (Fsp3) is 0.136. The van der Waals surface area contributed by atoms with Crippen LogP contribution in [0.15, 0.2) is 65.7 Å². The van der Waals surface area contributed by atoms with Crippen LogP contribution in [0, 0.1) is 0 Å². The number of hydrogen-bond donors (Lipinski definition) is 0. The van der Waals surface area contributed by atoms with Crippen LogP contribution in [0.3, 0.4) is 0 Å². The first-order valence-electron chi connectivity index (χ1n) is 9.01. The highest BCUT2D eigenvalue weighted by atomic mass is 32.2. The number of hydrogen-bond acceptors (Lipinski definition) is 5. The van der Waals surface area contributed by atoms with E-state index >= 15 is 0 Å². The van der Waals surface area contributed by atoms with Gasteiger partial charge in [0.15, 0.2) is 0 Å². The molecule has 6 nitrogen and oxygen atoms in total. The van der Waals surface area contributed by atoms with Crippen molar-refractivity contribution in [3.05, 3.63) is 71.4 Å². The lowest BCUT2D eigenvalue weighted by molar-refractivity contribution is -0.148. The number of esters is 1. The summed E-state index contributed by atoms with van der Waals surface area (Å²) in [7, 11) is 1.23. The van der Waals surface area contributed by atoms with Gasteiger partial charge in [-0.1, -0.05) is 30.3 Å². The van der Waals surface area contributed by atoms with E-state index in [1.54, 1.807) is 6.08 Å². The molecular formula is C22H18N2O4S. The Bertz CT molecular complexity index is 1160. The van der Waals surface area contributed by atoms with Crippen molar-refractivity contribution in [2.45, 2.75) is 13.0 Å². The molecule has 1 aliphatic heterocycles. The summed E-state index contributed by atoms with van der Waals surface area (Å²) in [6.07, 6.45) is 3.57. The zero-order valence-corrected chi connectivity index (χ0v) is 16.7. The first kappa shape index (κ1) is 19.0. The Labute approximate surface area is 171 Å². The molecule has 7 heteroatoms. The normalized spacial score (nSPS) is 16.6. The van der Waals surface area contributed by atoms with Gasteiger partial charge in [0, 0.05) is 17.6 Å². The average molecular weight is 406 g/mol. The fourth-order valence-electron chi connectivity index (χ4n) is 3.30. The molecule has 146 valence electrons. The molecule has 1 aliphatic rings. The molecule has 4 rings (SSSR count). The Kier molecular flexibility index (Phi) is 4.98. The molecule has 3 aromatic rings. The van der Waals surface area contributed by atoms with Crippen molar-refractivity contribution in [2.75, 3.05) is 7.11 Å². The first-order chi connectivity index (χ1) is 14.0. The number of carbonyl (C=O) groups is 3. The van der Waals surface area contributed by atoms with Crippen LogP contribution in [0.25, 0.3) is 22.5 Å². The van der Waals surface area contributed by atoms with Crippen LogP contribution in [0.4, 0.5) is 4.79 Å². The molecule has 0 saturated carbocycles. The number of benzene rings is 2. The van der Waals surface area contributed by atoms with Crippen molar-refractivity contribution in [3.8, 4) is 5.69 Å². The molecule has 2 heterocycles. The summed E-state index contributed by atoms with van der Waals surface area (Å²) in [5.74, 6) is -1.13. The van der Waals surface area contributed by atoms with E-state index in [0.717, 1.165) is 38.8 Å². The predicted molar refractivity (Wildman–Crippen MR) is 113 cm³/mol. The second-order valence-electron chi connectivity index (χ2n) is 6.59. The Balaban J connectivity index is 1.68. The lowest BCUT2D eigenvalue weighted by Gasteiger charge is -2.18. The zero-order valence-electron chi connectivity index (χ0n) is 15.9. The minimum atomic E-state index is -0.967. The minimum Gasteiger partial charge on any atom is -0.467 e. The topological polar surface area (TPSA) is 68.6 Å². The number of carbonyl (C=O) groups excluding carboxylic acids is 3. The largest absolute Gasteiger partial charge is 0.467 e. The van der Waals surface area contributed by atoms with E-state index in [-0.39, 0.29) is 4.91 Å². The zero-order chi connectivity index (χ0) is 20.5. The minimum absolute atomic E-state index is 0.270. The van der Waals surface area contributed by atoms with Crippen LogP contribution in [0.5, 0.6) is 0 Å². The van der Waals surface area contributed by atoms with Gasteiger partial charge in [-0.3, -0.25) is 14.5 Å². The van der Waals surface area contributed by atoms with Crippen molar-refractivity contribution < 1.29 is 19.1 Å². The van der Waals surface area contributed by atoms with Gasteiger partial charge in [-0.15, -0.1) is 0 Å². The lowest BCUT2D eigenvalue weighted by Crippen LogP contribution is -2.42. The molecule has 0 aliphatic carbocycles. The second kappa shape index (κ2) is 7.60. The number of fused-ring (bicyclic) bond motifs is 1. The first-order valence-corrected chi connectivity index (χ1v) is 9.82. The van der Waals surface area contributed by atoms with Crippen LogP contribution in [-0.2, 0) is 14.3 Å². The molecule has 2 amide bonds. The van der Waals surface area contributed by atoms with Gasteiger partial charge in [-0.2, -0.15) is 0 Å². The van der Waals surface area contributed by atoms with Crippen molar-refractivity contribution in [1.82, 2.24) is 9.47 Å². The van der Waals surface area contributed by atoms with E-state index in [9.17, 15) is 14.4 Å². The molecule has 2 aromatic carbocycles. The predicted octanol–water partition coefficient (Wildman–Crippen LogP) is 4.23. The van der Waals surface area contributed by atoms with E-state index < -0.39 is 23.2 Å². The van der Waals surface area contributed by atoms with Crippen LogP contribution in [0.2, 0.25) is 0 Å². The van der Waals surface area contributed by atoms with E-state index in [0.29, 0.717) is 0 Å². The molecule has 1 fully saturated rings. The average Bonchev–Trinajstić information content (AvgIpc) is 3.30. The SMILES string of the molecule is COC(=O)C(C)N1C(=O)S/C(=C/c2cccn2-c2ccc3ccccc3c2)C1=O. The van der Waals surface area contributed by atoms with Gasteiger partial charge < -0.3 is 9.30 Å². The monoisotopic (exact) mass is 406 g/mol. The van der Waals surface area contributed by atoms with Crippen molar-refractivity contribution >= 4 is 45.7 Å². The Hall–Kier alpha value is -3.32. The van der Waals surface area contributed by atoms with Gasteiger partial charge in [-0.25, -0.2) is 4.79 Å². The molecule has 0 bridgehead atoms. The molecule has 1 aromatic heterocycles. The molecule has 0 spiro atoms. The number of aromatic nitrogens is 1. The van der Waals surface area contributed by atoms with Gasteiger partial charge in [0.1, 0.15) is 6.04 Å². The van der Waals surface area contributed by atoms with Crippen molar-refractivity contribution in [1.29, 1.82) is 0 Å². The summed E-state index contributed by atoms with van der Waals surface area (Å²) in [4.78, 5) is 38.0. The third-order valence-corrected chi connectivity index (χ3v) is 5.71. The summed E-state index contributed by atoms with van der Waals surface area (Å²) < 4.78 is 6.60. The highest BCUT2D eigenvalue weighted by molar-refractivity contribution is 8.18. The van der Waals surface area contributed by atoms with Gasteiger partial charge in [0.05, 0.1) is 12.0 Å². The molecule has 0 N–H and O–H groups in total. The second-order valence-corrected chi connectivity index (χ2v) is 7.58. The number of rotatable bonds is 4. The van der Waals surface area contributed by atoms with Gasteiger partial charge in [0.2, 0.25) is 0 Å². The summed E-state index contributed by atoms with van der Waals surface area (Å²) in [6, 6.07) is 17.0. The number of ether oxygens (including phenoxy) is 1. The number of methoxy groups -OCH3 is 1. The summed E-state index contributed by atoms with van der Waals surface area (Å²) in [5.41, 5.74) is 1.71. The maximum absolute atomic E-state index is 12.7. The number of thioether (sulfide) groups is 1. The summed E-state index contributed by atoms with van der Waals surface area (Å²) in [6.45, 7) is 1.48. The van der Waals surface area contributed by atoms with Crippen molar-refractivity contribution in [3.63, 3.8) is 0 Å². The van der Waals surface area contributed by atoms with E-state index in [4.69, 9.17) is 0 Å². The maximum atomic E-state index is 12.7. The van der Waals surface area contributed by atoms with E-state index in [1.807, 2.05) is 59.3 Å².